The fourth-order valence-electron chi connectivity index (χ4n) is 1.61. The maximum absolute atomic E-state index is 10.6. The number of nitrogens with zero attached hydrogens (tertiary/aromatic N) is 2. The molecule has 2 rings (SSSR count). The second kappa shape index (κ2) is 5.58. The Balaban J connectivity index is 1.84. The summed E-state index contributed by atoms with van der Waals surface area (Å²) < 4.78 is 10.7. The number of hydrogen-bond donors (Lipinski definition) is 1. The zero-order valence-corrected chi connectivity index (χ0v) is 9.33. The van der Waals surface area contributed by atoms with Crippen molar-refractivity contribution < 1.29 is 19.4 Å². The van der Waals surface area contributed by atoms with Crippen molar-refractivity contribution in [3.63, 3.8) is 0 Å². The highest BCUT2D eigenvalue weighted by Gasteiger charge is 2.15. The van der Waals surface area contributed by atoms with Crippen LogP contribution in [-0.4, -0.2) is 40.9 Å². The Bertz CT molecular complexity index is 374. The van der Waals surface area contributed by atoms with Crippen LogP contribution in [0.4, 0.5) is 0 Å². The summed E-state index contributed by atoms with van der Waals surface area (Å²) in [6, 6.07) is 0.224. The molecule has 0 atom stereocenters. The summed E-state index contributed by atoms with van der Waals surface area (Å²) >= 11 is 0. The molecule has 92 valence electrons. The zero-order chi connectivity index (χ0) is 12.1. The van der Waals surface area contributed by atoms with Crippen molar-refractivity contribution >= 4 is 5.97 Å². The predicted molar refractivity (Wildman–Crippen MR) is 58.0 cm³/mol. The quantitative estimate of drug-likeness (QED) is 0.842. The zero-order valence-electron chi connectivity index (χ0n) is 9.33. The molecule has 1 fully saturated rings. The minimum Gasteiger partial charge on any atom is -0.478 e. The molecule has 1 aromatic rings. The third-order valence-corrected chi connectivity index (χ3v) is 2.66. The van der Waals surface area contributed by atoms with Crippen LogP contribution in [0.2, 0.25) is 0 Å². The number of hydrogen-bond acceptors (Lipinski definition) is 5. The number of aromatic nitrogens is 2. The Hall–Kier alpha value is -1.69. The Labute approximate surface area is 98.6 Å². The van der Waals surface area contributed by atoms with E-state index in [4.69, 9.17) is 14.6 Å². The lowest BCUT2D eigenvalue weighted by Gasteiger charge is -2.21. The molecule has 17 heavy (non-hydrogen) atoms. The largest absolute Gasteiger partial charge is 0.478 e. The summed E-state index contributed by atoms with van der Waals surface area (Å²) in [5, 5.41) is 8.67. The normalized spacial score (nSPS) is 16.7. The minimum absolute atomic E-state index is 0.0587. The average Bonchev–Trinajstić information content (AvgIpc) is 2.38. The third-order valence-electron chi connectivity index (χ3n) is 2.66. The van der Waals surface area contributed by atoms with Gasteiger partial charge in [-0.1, -0.05) is 0 Å². The first-order chi connectivity index (χ1) is 8.25. The average molecular weight is 238 g/mol. The summed E-state index contributed by atoms with van der Waals surface area (Å²) in [5.74, 6) is -0.576. The molecule has 0 amide bonds. The van der Waals surface area contributed by atoms with Gasteiger partial charge in [-0.25, -0.2) is 14.8 Å². The van der Waals surface area contributed by atoms with Gasteiger partial charge >= 0.3 is 12.0 Å². The Kier molecular flexibility index (Phi) is 3.87. The molecule has 2 heterocycles. The van der Waals surface area contributed by atoms with Gasteiger partial charge in [-0.05, 0) is 18.8 Å². The van der Waals surface area contributed by atoms with Gasteiger partial charge in [0.05, 0.1) is 12.2 Å². The van der Waals surface area contributed by atoms with Crippen molar-refractivity contribution in [2.24, 2.45) is 5.92 Å². The van der Waals surface area contributed by atoms with Crippen LogP contribution >= 0.6 is 0 Å². The highest BCUT2D eigenvalue weighted by atomic mass is 16.5. The molecule has 1 aliphatic rings. The van der Waals surface area contributed by atoms with E-state index in [0.717, 1.165) is 26.1 Å². The maximum atomic E-state index is 10.6. The molecule has 0 saturated carbocycles. The smallest absolute Gasteiger partial charge is 0.338 e. The number of aromatic carboxylic acids is 1. The molecule has 0 spiro atoms. The molecule has 6 nitrogen and oxygen atoms in total. The fraction of sp³-hybridized carbons (Fsp3) is 0.545. The number of rotatable bonds is 4. The molecule has 0 aliphatic carbocycles. The van der Waals surface area contributed by atoms with Gasteiger partial charge in [0.1, 0.15) is 0 Å². The van der Waals surface area contributed by atoms with E-state index in [-0.39, 0.29) is 11.6 Å². The first-order valence-electron chi connectivity index (χ1n) is 5.51. The van der Waals surface area contributed by atoms with Gasteiger partial charge in [-0.2, -0.15) is 0 Å². The van der Waals surface area contributed by atoms with Gasteiger partial charge in [-0.15, -0.1) is 0 Å². The van der Waals surface area contributed by atoms with Crippen molar-refractivity contribution in [3.8, 4) is 6.01 Å². The van der Waals surface area contributed by atoms with Crippen LogP contribution in [0.5, 0.6) is 6.01 Å². The van der Waals surface area contributed by atoms with Crippen LogP contribution in [0.25, 0.3) is 0 Å². The van der Waals surface area contributed by atoms with Gasteiger partial charge in [0.15, 0.2) is 0 Å². The molecule has 0 bridgehead atoms. The highest BCUT2D eigenvalue weighted by molar-refractivity contribution is 5.86. The Morgan fingerprint density at radius 1 is 1.41 bits per heavy atom. The standard InChI is InChI=1S/C11H14N2O4/c14-10(15)9-5-12-11(13-6-9)17-7-8-1-3-16-4-2-8/h5-6,8H,1-4,7H2,(H,14,15). The van der Waals surface area contributed by atoms with Gasteiger partial charge < -0.3 is 14.6 Å². The number of carboxylic acid groups (broad SMARTS) is 1. The van der Waals surface area contributed by atoms with Crippen molar-refractivity contribution in [2.75, 3.05) is 19.8 Å². The van der Waals surface area contributed by atoms with E-state index in [1.54, 1.807) is 0 Å². The molecule has 0 aromatic carbocycles. The molecular formula is C11H14N2O4. The molecular weight excluding hydrogens is 224 g/mol. The summed E-state index contributed by atoms with van der Waals surface area (Å²) in [4.78, 5) is 18.3. The van der Waals surface area contributed by atoms with Crippen LogP contribution in [0.3, 0.4) is 0 Å². The molecule has 1 N–H and O–H groups in total. The third kappa shape index (κ3) is 3.39. The van der Waals surface area contributed by atoms with Crippen LogP contribution in [-0.2, 0) is 4.74 Å². The van der Waals surface area contributed by atoms with E-state index in [1.807, 2.05) is 0 Å². The number of ether oxygens (including phenoxy) is 2. The summed E-state index contributed by atoms with van der Waals surface area (Å²) in [6.45, 7) is 2.09. The van der Waals surface area contributed by atoms with Crippen LogP contribution in [0, 0.1) is 5.92 Å². The van der Waals surface area contributed by atoms with Gasteiger partial charge in [0.25, 0.3) is 0 Å². The fourth-order valence-corrected chi connectivity index (χ4v) is 1.61. The second-order valence-corrected chi connectivity index (χ2v) is 3.93. The van der Waals surface area contributed by atoms with Gasteiger partial charge in [-0.3, -0.25) is 0 Å². The Morgan fingerprint density at radius 2 is 2.06 bits per heavy atom. The van der Waals surface area contributed by atoms with E-state index in [2.05, 4.69) is 9.97 Å². The molecule has 1 aliphatic heterocycles. The molecule has 0 unspecified atom stereocenters. The summed E-state index contributed by atoms with van der Waals surface area (Å²) in [7, 11) is 0. The molecule has 0 radical (unpaired) electrons. The Morgan fingerprint density at radius 3 is 2.65 bits per heavy atom. The van der Waals surface area contributed by atoms with E-state index in [1.165, 1.54) is 12.4 Å². The van der Waals surface area contributed by atoms with Crippen molar-refractivity contribution in [2.45, 2.75) is 12.8 Å². The van der Waals surface area contributed by atoms with Gasteiger partial charge in [0.2, 0.25) is 0 Å². The van der Waals surface area contributed by atoms with E-state index in [9.17, 15) is 4.79 Å². The predicted octanol–water partition coefficient (Wildman–Crippen LogP) is 0.980. The first kappa shape index (κ1) is 11.8. The lowest BCUT2D eigenvalue weighted by molar-refractivity contribution is 0.0481. The van der Waals surface area contributed by atoms with Crippen LogP contribution in [0.15, 0.2) is 12.4 Å². The minimum atomic E-state index is -1.04. The van der Waals surface area contributed by atoms with Gasteiger partial charge in [0, 0.05) is 25.6 Å². The van der Waals surface area contributed by atoms with Crippen molar-refractivity contribution in [1.29, 1.82) is 0 Å². The SMILES string of the molecule is O=C(O)c1cnc(OCC2CCOCC2)nc1. The lowest BCUT2D eigenvalue weighted by atomic mass is 10.0. The van der Waals surface area contributed by atoms with E-state index < -0.39 is 5.97 Å². The van der Waals surface area contributed by atoms with E-state index in [0.29, 0.717) is 12.5 Å². The molecule has 1 aromatic heterocycles. The maximum Gasteiger partial charge on any atom is 0.338 e. The second-order valence-electron chi connectivity index (χ2n) is 3.93. The monoisotopic (exact) mass is 238 g/mol. The summed E-state index contributed by atoms with van der Waals surface area (Å²) in [6.07, 6.45) is 4.45. The number of carbonyl (C=O) groups is 1. The lowest BCUT2D eigenvalue weighted by Crippen LogP contribution is -2.22. The molecule has 6 heteroatoms. The van der Waals surface area contributed by atoms with Crippen molar-refractivity contribution in [3.05, 3.63) is 18.0 Å². The van der Waals surface area contributed by atoms with Crippen molar-refractivity contribution in [1.82, 2.24) is 9.97 Å². The molecule has 1 saturated heterocycles. The van der Waals surface area contributed by atoms with E-state index >= 15 is 0 Å². The topological polar surface area (TPSA) is 81.5 Å². The van der Waals surface area contributed by atoms with Crippen LogP contribution < -0.4 is 4.74 Å². The number of carboxylic acids is 1. The summed E-state index contributed by atoms with van der Waals surface area (Å²) in [5.41, 5.74) is 0.0587. The first-order valence-corrected chi connectivity index (χ1v) is 5.51. The highest BCUT2D eigenvalue weighted by Crippen LogP contribution is 2.15. The van der Waals surface area contributed by atoms with Crippen LogP contribution in [0.1, 0.15) is 23.2 Å².